The number of carboxylic acids is 1. The first-order valence-corrected chi connectivity index (χ1v) is 7.23. The van der Waals surface area contributed by atoms with E-state index in [1.54, 1.807) is 23.9 Å². The Kier molecular flexibility index (Phi) is 4.48. The smallest absolute Gasteiger partial charge is 0.335 e. The first-order chi connectivity index (χ1) is 9.51. The Morgan fingerprint density at radius 3 is 2.70 bits per heavy atom. The molecule has 104 valence electrons. The molecule has 3 N–H and O–H groups in total. The summed E-state index contributed by atoms with van der Waals surface area (Å²) in [5, 5.41) is 18.0. The van der Waals surface area contributed by atoms with E-state index in [0.717, 1.165) is 16.0 Å². The number of carbonyl (C=O) groups is 1. The number of nitrogens with two attached hydrogens (primary N) is 1. The SMILES string of the molecule is CC1=C(Cc2ccc(C(=O)O)cc2)SC(N)CC1C#N. The lowest BCUT2D eigenvalue weighted by Gasteiger charge is -2.26. The van der Waals surface area contributed by atoms with E-state index < -0.39 is 5.97 Å². The Bertz CT molecular complexity index is 587. The summed E-state index contributed by atoms with van der Waals surface area (Å²) in [7, 11) is 0. The van der Waals surface area contributed by atoms with Crippen molar-refractivity contribution < 1.29 is 9.90 Å². The van der Waals surface area contributed by atoms with Crippen molar-refractivity contribution in [1.29, 1.82) is 5.26 Å². The zero-order valence-electron chi connectivity index (χ0n) is 11.2. The minimum atomic E-state index is -0.925. The molecule has 0 bridgehead atoms. The van der Waals surface area contributed by atoms with Crippen molar-refractivity contribution >= 4 is 17.7 Å². The predicted molar refractivity (Wildman–Crippen MR) is 79.1 cm³/mol. The van der Waals surface area contributed by atoms with Crippen LogP contribution in [-0.4, -0.2) is 16.4 Å². The second-order valence-electron chi connectivity index (χ2n) is 4.86. The number of benzene rings is 1. The highest BCUT2D eigenvalue weighted by Crippen LogP contribution is 2.38. The molecule has 0 saturated carbocycles. The summed E-state index contributed by atoms with van der Waals surface area (Å²) in [6, 6.07) is 9.12. The van der Waals surface area contributed by atoms with E-state index in [9.17, 15) is 4.79 Å². The highest BCUT2D eigenvalue weighted by Gasteiger charge is 2.25. The minimum absolute atomic E-state index is 0.0448. The number of rotatable bonds is 3. The number of carboxylic acid groups (broad SMARTS) is 1. The predicted octanol–water partition coefficient (Wildman–Crippen LogP) is 2.76. The summed E-state index contributed by atoms with van der Waals surface area (Å²) in [5.41, 5.74) is 8.37. The van der Waals surface area contributed by atoms with Crippen molar-refractivity contribution in [2.45, 2.75) is 25.1 Å². The average Bonchev–Trinajstić information content (AvgIpc) is 2.43. The highest BCUT2D eigenvalue weighted by molar-refractivity contribution is 8.03. The van der Waals surface area contributed by atoms with Gasteiger partial charge in [0.2, 0.25) is 0 Å². The Morgan fingerprint density at radius 2 is 2.15 bits per heavy atom. The molecule has 0 aromatic heterocycles. The molecule has 4 nitrogen and oxygen atoms in total. The van der Waals surface area contributed by atoms with Gasteiger partial charge in [0.15, 0.2) is 0 Å². The van der Waals surface area contributed by atoms with E-state index in [1.165, 1.54) is 0 Å². The fraction of sp³-hybridized carbons (Fsp3) is 0.333. The number of nitrogens with zero attached hydrogens (tertiary/aromatic N) is 1. The number of nitriles is 1. The molecular weight excluding hydrogens is 272 g/mol. The quantitative estimate of drug-likeness (QED) is 0.893. The normalized spacial score (nSPS) is 22.4. The molecule has 0 saturated heterocycles. The Balaban J connectivity index is 2.20. The second-order valence-corrected chi connectivity index (χ2v) is 6.19. The Hall–Kier alpha value is -1.77. The maximum Gasteiger partial charge on any atom is 0.335 e. The second kappa shape index (κ2) is 6.12. The molecule has 20 heavy (non-hydrogen) atoms. The van der Waals surface area contributed by atoms with Gasteiger partial charge < -0.3 is 10.8 Å². The van der Waals surface area contributed by atoms with Gasteiger partial charge in [0, 0.05) is 6.42 Å². The number of hydrogen-bond acceptors (Lipinski definition) is 4. The van der Waals surface area contributed by atoms with Crippen LogP contribution in [0.2, 0.25) is 0 Å². The minimum Gasteiger partial charge on any atom is -0.478 e. The van der Waals surface area contributed by atoms with Gasteiger partial charge in [-0.1, -0.05) is 12.1 Å². The third-order valence-electron chi connectivity index (χ3n) is 3.45. The average molecular weight is 288 g/mol. The van der Waals surface area contributed by atoms with E-state index in [-0.39, 0.29) is 16.9 Å². The lowest BCUT2D eigenvalue weighted by Crippen LogP contribution is -2.25. The van der Waals surface area contributed by atoms with Gasteiger partial charge in [-0.2, -0.15) is 5.26 Å². The molecule has 1 aliphatic rings. The number of hydrogen-bond donors (Lipinski definition) is 2. The first kappa shape index (κ1) is 14.6. The van der Waals surface area contributed by atoms with Crippen LogP contribution in [0.4, 0.5) is 0 Å². The van der Waals surface area contributed by atoms with Crippen molar-refractivity contribution in [2.24, 2.45) is 11.7 Å². The van der Waals surface area contributed by atoms with Crippen molar-refractivity contribution in [3.63, 3.8) is 0 Å². The molecular formula is C15H16N2O2S. The molecule has 2 rings (SSSR count). The van der Waals surface area contributed by atoms with Crippen LogP contribution in [0.1, 0.15) is 29.3 Å². The van der Waals surface area contributed by atoms with Gasteiger partial charge in [0.1, 0.15) is 0 Å². The van der Waals surface area contributed by atoms with Crippen LogP contribution in [0, 0.1) is 17.2 Å². The van der Waals surface area contributed by atoms with E-state index in [0.29, 0.717) is 12.8 Å². The molecule has 2 atom stereocenters. The maximum absolute atomic E-state index is 10.8. The lowest BCUT2D eigenvalue weighted by atomic mass is 9.95. The summed E-state index contributed by atoms with van der Waals surface area (Å²) >= 11 is 1.61. The fourth-order valence-corrected chi connectivity index (χ4v) is 3.44. The fourth-order valence-electron chi connectivity index (χ4n) is 2.21. The van der Waals surface area contributed by atoms with Crippen molar-refractivity contribution in [2.75, 3.05) is 0 Å². The topological polar surface area (TPSA) is 87.1 Å². The molecule has 0 spiro atoms. The third kappa shape index (κ3) is 3.21. The Morgan fingerprint density at radius 1 is 1.50 bits per heavy atom. The van der Waals surface area contributed by atoms with Crippen LogP contribution in [0.5, 0.6) is 0 Å². The van der Waals surface area contributed by atoms with E-state index in [1.807, 2.05) is 19.1 Å². The van der Waals surface area contributed by atoms with Gasteiger partial charge in [0.05, 0.1) is 22.9 Å². The third-order valence-corrected chi connectivity index (χ3v) is 4.69. The van der Waals surface area contributed by atoms with Gasteiger partial charge >= 0.3 is 5.97 Å². The Labute approximate surface area is 122 Å². The number of allylic oxidation sites excluding steroid dienone is 2. The zero-order chi connectivity index (χ0) is 14.7. The van der Waals surface area contributed by atoms with Crippen molar-refractivity contribution in [3.8, 4) is 6.07 Å². The van der Waals surface area contributed by atoms with Crippen molar-refractivity contribution in [1.82, 2.24) is 0 Å². The van der Waals surface area contributed by atoms with Crippen molar-refractivity contribution in [3.05, 3.63) is 45.9 Å². The van der Waals surface area contributed by atoms with E-state index in [2.05, 4.69) is 6.07 Å². The lowest BCUT2D eigenvalue weighted by molar-refractivity contribution is 0.0697. The van der Waals surface area contributed by atoms with Gasteiger partial charge in [-0.25, -0.2) is 4.79 Å². The molecule has 2 unspecified atom stereocenters. The molecule has 1 heterocycles. The molecule has 0 amide bonds. The highest BCUT2D eigenvalue weighted by atomic mass is 32.2. The summed E-state index contributed by atoms with van der Waals surface area (Å²) in [4.78, 5) is 11.9. The molecule has 1 aromatic carbocycles. The van der Waals surface area contributed by atoms with Gasteiger partial charge in [-0.05, 0) is 41.5 Å². The van der Waals surface area contributed by atoms with Gasteiger partial charge in [-0.15, -0.1) is 11.8 Å². The standard InChI is InChI=1S/C15H16N2O2S/c1-9-12(8-16)7-14(17)20-13(9)6-10-2-4-11(5-3-10)15(18)19/h2-5,12,14H,6-7,17H2,1H3,(H,18,19). The molecule has 0 fully saturated rings. The molecule has 0 radical (unpaired) electrons. The maximum atomic E-state index is 10.8. The van der Waals surface area contributed by atoms with Crippen LogP contribution in [0.15, 0.2) is 34.7 Å². The molecule has 0 aliphatic carbocycles. The molecule has 5 heteroatoms. The number of aromatic carboxylic acids is 1. The summed E-state index contributed by atoms with van der Waals surface area (Å²) < 4.78 is 0. The van der Waals surface area contributed by atoms with Crippen LogP contribution in [-0.2, 0) is 6.42 Å². The van der Waals surface area contributed by atoms with Crippen LogP contribution >= 0.6 is 11.8 Å². The van der Waals surface area contributed by atoms with Crippen LogP contribution in [0.3, 0.4) is 0 Å². The molecule has 1 aromatic rings. The summed E-state index contributed by atoms with van der Waals surface area (Å²) in [6.07, 6.45) is 1.39. The van der Waals surface area contributed by atoms with Gasteiger partial charge in [-0.3, -0.25) is 0 Å². The zero-order valence-corrected chi connectivity index (χ0v) is 12.0. The van der Waals surface area contributed by atoms with Crippen LogP contribution in [0.25, 0.3) is 0 Å². The number of thioether (sulfide) groups is 1. The largest absolute Gasteiger partial charge is 0.478 e. The summed E-state index contributed by atoms with van der Waals surface area (Å²) in [5.74, 6) is -1.04. The van der Waals surface area contributed by atoms with E-state index >= 15 is 0 Å². The van der Waals surface area contributed by atoms with Crippen LogP contribution < -0.4 is 5.73 Å². The van der Waals surface area contributed by atoms with E-state index in [4.69, 9.17) is 16.1 Å². The van der Waals surface area contributed by atoms with Gasteiger partial charge in [0.25, 0.3) is 0 Å². The monoisotopic (exact) mass is 288 g/mol. The summed E-state index contributed by atoms with van der Waals surface area (Å²) in [6.45, 7) is 1.98. The molecule has 1 aliphatic heterocycles. The first-order valence-electron chi connectivity index (χ1n) is 6.35.